The van der Waals surface area contributed by atoms with Gasteiger partial charge in [0.1, 0.15) is 17.8 Å². The number of aromatic nitrogens is 2. The van der Waals surface area contributed by atoms with Crippen molar-refractivity contribution in [1.29, 1.82) is 0 Å². The van der Waals surface area contributed by atoms with Crippen LogP contribution in [0.3, 0.4) is 0 Å². The fourth-order valence-corrected chi connectivity index (χ4v) is 7.78. The lowest BCUT2D eigenvalue weighted by atomic mass is 9.63. The summed E-state index contributed by atoms with van der Waals surface area (Å²) < 4.78 is 37.2. The molecule has 0 amide bonds. The van der Waals surface area contributed by atoms with Crippen molar-refractivity contribution < 1.29 is 53.0 Å². The van der Waals surface area contributed by atoms with Crippen LogP contribution in [-0.2, 0) is 49.9 Å². The number of hydrogen-bond acceptors (Lipinski definition) is 12. The molecule has 0 radical (unpaired) electrons. The standard InChI is InChI=1S/C36H50N2O11/c1-20(2)26-10-8-21(3)27-15-30(48-31(42)11-9-25-16-38(7)19-37-25)35(6)12-13-36(43,49-35)24(14-28(26)27)17-44-34-33(47-23(5)40)32(46-22(4)39)29(41)18-45-34/h8-9,11-13,16,19-20,24,26-30,32-34,41,43H,10,14-15,17-18H2,1-7H3. The summed E-state index contributed by atoms with van der Waals surface area (Å²) in [7, 11) is 1.84. The van der Waals surface area contributed by atoms with E-state index in [1.54, 1.807) is 42.2 Å². The molecule has 1 aromatic rings. The first-order valence-corrected chi connectivity index (χ1v) is 17.0. The van der Waals surface area contributed by atoms with Crippen molar-refractivity contribution in [2.75, 3.05) is 13.2 Å². The van der Waals surface area contributed by atoms with Gasteiger partial charge in [-0.1, -0.05) is 25.5 Å². The minimum Gasteiger partial charge on any atom is -0.456 e. The molecule has 0 spiro atoms. The van der Waals surface area contributed by atoms with Gasteiger partial charge in [0.25, 0.3) is 0 Å². The highest BCUT2D eigenvalue weighted by Gasteiger charge is 2.55. The zero-order valence-electron chi connectivity index (χ0n) is 29.3. The molecule has 4 aliphatic rings. The summed E-state index contributed by atoms with van der Waals surface area (Å²) in [5.41, 5.74) is 0.632. The fraction of sp³-hybridized carbons (Fsp3) is 0.667. The van der Waals surface area contributed by atoms with E-state index in [-0.39, 0.29) is 31.0 Å². The van der Waals surface area contributed by atoms with E-state index in [0.717, 1.165) is 6.42 Å². The fourth-order valence-electron chi connectivity index (χ4n) is 7.78. The summed E-state index contributed by atoms with van der Waals surface area (Å²) >= 11 is 0. The number of carbonyl (C=O) groups is 3. The third-order valence-corrected chi connectivity index (χ3v) is 10.3. The average molecular weight is 687 g/mol. The highest BCUT2D eigenvalue weighted by Crippen LogP contribution is 2.51. The minimum absolute atomic E-state index is 0.0150. The molecule has 1 aromatic heterocycles. The Hall–Kier alpha value is -3.36. The van der Waals surface area contributed by atoms with E-state index in [9.17, 15) is 24.6 Å². The highest BCUT2D eigenvalue weighted by atomic mass is 16.7. The van der Waals surface area contributed by atoms with Crippen molar-refractivity contribution in [3.8, 4) is 0 Å². The quantitative estimate of drug-likeness (QED) is 0.169. The predicted octanol–water partition coefficient (Wildman–Crippen LogP) is 3.24. The van der Waals surface area contributed by atoms with E-state index in [0.29, 0.717) is 24.5 Å². The minimum atomic E-state index is -1.81. The Morgan fingerprint density at radius 2 is 1.84 bits per heavy atom. The molecule has 5 rings (SSSR count). The summed E-state index contributed by atoms with van der Waals surface area (Å²) in [6.45, 7) is 10.4. The van der Waals surface area contributed by atoms with E-state index in [2.05, 4.69) is 31.8 Å². The van der Waals surface area contributed by atoms with Crippen LogP contribution in [0.5, 0.6) is 0 Å². The zero-order valence-corrected chi connectivity index (χ0v) is 29.3. The third-order valence-electron chi connectivity index (χ3n) is 10.3. The van der Waals surface area contributed by atoms with Crippen molar-refractivity contribution in [3.05, 3.63) is 48.1 Å². The number of aliphatic hydroxyl groups excluding tert-OH is 1. The average Bonchev–Trinajstić information content (AvgIpc) is 3.59. The molecule has 13 nitrogen and oxygen atoms in total. The SMILES string of the molecule is CC(=O)OC1C(O)COC(OCC2CC3C(CC(OC(=O)C=Cc4cn(C)cn4)C4(C)C=CC2(O)O4)C(C)=CCC3C(C)C)C1OC(C)=O. The molecule has 2 N–H and O–H groups in total. The van der Waals surface area contributed by atoms with Gasteiger partial charge in [-0.25, -0.2) is 9.78 Å². The van der Waals surface area contributed by atoms with Crippen LogP contribution in [-0.4, -0.2) is 93.0 Å². The summed E-state index contributed by atoms with van der Waals surface area (Å²) in [6, 6.07) is 0. The molecule has 3 aliphatic heterocycles. The lowest BCUT2D eigenvalue weighted by molar-refractivity contribution is -0.297. The normalized spacial score (nSPS) is 37.5. The van der Waals surface area contributed by atoms with E-state index in [1.807, 2.05) is 7.05 Å². The monoisotopic (exact) mass is 686 g/mol. The lowest BCUT2D eigenvalue weighted by Crippen LogP contribution is -2.57. The zero-order chi connectivity index (χ0) is 35.7. The molecule has 2 saturated heterocycles. The van der Waals surface area contributed by atoms with Gasteiger partial charge in [0, 0.05) is 39.1 Å². The molecule has 1 aliphatic carbocycles. The second kappa shape index (κ2) is 14.9. The number of esters is 3. The van der Waals surface area contributed by atoms with E-state index in [4.69, 9.17) is 28.4 Å². The lowest BCUT2D eigenvalue weighted by Gasteiger charge is -2.44. The largest absolute Gasteiger partial charge is 0.456 e. The summed E-state index contributed by atoms with van der Waals surface area (Å²) in [4.78, 5) is 41.4. The van der Waals surface area contributed by atoms with Gasteiger partial charge in [-0.2, -0.15) is 0 Å². The number of carbonyl (C=O) groups excluding carboxylic acids is 3. The van der Waals surface area contributed by atoms with Crippen LogP contribution in [0.2, 0.25) is 0 Å². The Labute approximate surface area is 287 Å². The van der Waals surface area contributed by atoms with E-state index < -0.39 is 65.9 Å². The Morgan fingerprint density at radius 1 is 1.12 bits per heavy atom. The predicted molar refractivity (Wildman–Crippen MR) is 175 cm³/mol. The van der Waals surface area contributed by atoms with Crippen molar-refractivity contribution >= 4 is 24.0 Å². The van der Waals surface area contributed by atoms with Gasteiger partial charge >= 0.3 is 17.9 Å². The first kappa shape index (κ1) is 36.9. The summed E-state index contributed by atoms with van der Waals surface area (Å²) in [6.07, 6.45) is 8.18. The first-order valence-electron chi connectivity index (χ1n) is 17.0. The molecule has 13 heteroatoms. The Morgan fingerprint density at radius 3 is 2.49 bits per heavy atom. The molecule has 11 unspecified atom stereocenters. The topological polar surface area (TPSA) is 165 Å². The van der Waals surface area contributed by atoms with Crippen LogP contribution < -0.4 is 0 Å². The number of nitrogens with zero attached hydrogens (tertiary/aromatic N) is 2. The van der Waals surface area contributed by atoms with Crippen LogP contribution in [0.25, 0.3) is 6.08 Å². The molecule has 2 bridgehead atoms. The van der Waals surface area contributed by atoms with Crippen LogP contribution >= 0.6 is 0 Å². The third kappa shape index (κ3) is 8.34. The Kier molecular flexibility index (Phi) is 11.2. The van der Waals surface area contributed by atoms with Crippen molar-refractivity contribution in [2.24, 2.45) is 36.6 Å². The maximum absolute atomic E-state index is 13.2. The second-order valence-electron chi connectivity index (χ2n) is 14.4. The Bertz CT molecular complexity index is 1470. The van der Waals surface area contributed by atoms with Crippen molar-refractivity contribution in [3.63, 3.8) is 0 Å². The molecule has 2 fully saturated rings. The van der Waals surface area contributed by atoms with Crippen molar-refractivity contribution in [2.45, 2.75) is 103 Å². The van der Waals surface area contributed by atoms with Gasteiger partial charge in [0.05, 0.1) is 25.2 Å². The van der Waals surface area contributed by atoms with Crippen LogP contribution in [0.15, 0.2) is 42.4 Å². The van der Waals surface area contributed by atoms with Gasteiger partial charge in [0.15, 0.2) is 24.3 Å². The number of rotatable bonds is 9. The second-order valence-corrected chi connectivity index (χ2v) is 14.4. The number of hydrogen-bond donors (Lipinski definition) is 2. The number of imidazole rings is 1. The van der Waals surface area contributed by atoms with Gasteiger partial charge < -0.3 is 43.2 Å². The van der Waals surface area contributed by atoms with Gasteiger partial charge in [-0.3, -0.25) is 9.59 Å². The molecule has 0 aromatic carbocycles. The Balaban J connectivity index is 1.44. The van der Waals surface area contributed by atoms with Gasteiger partial charge in [-0.05, 0) is 75.0 Å². The molecular formula is C36H50N2O11. The van der Waals surface area contributed by atoms with Gasteiger partial charge in [0.2, 0.25) is 0 Å². The molecule has 0 saturated carbocycles. The van der Waals surface area contributed by atoms with Crippen LogP contribution in [0.1, 0.15) is 66.5 Å². The number of aliphatic hydroxyl groups is 2. The molecule has 4 heterocycles. The molecule has 49 heavy (non-hydrogen) atoms. The number of allylic oxidation sites excluding steroid dienone is 2. The maximum atomic E-state index is 13.2. The van der Waals surface area contributed by atoms with Gasteiger partial charge in [-0.15, -0.1) is 0 Å². The molecular weight excluding hydrogens is 636 g/mol. The summed E-state index contributed by atoms with van der Waals surface area (Å²) in [5, 5.41) is 22.8. The van der Waals surface area contributed by atoms with Crippen LogP contribution in [0, 0.1) is 29.6 Å². The number of aryl methyl sites for hydroxylation is 1. The summed E-state index contributed by atoms with van der Waals surface area (Å²) in [5.74, 6) is -3.66. The smallest absolute Gasteiger partial charge is 0.331 e. The van der Waals surface area contributed by atoms with E-state index in [1.165, 1.54) is 25.5 Å². The maximum Gasteiger partial charge on any atom is 0.331 e. The van der Waals surface area contributed by atoms with E-state index >= 15 is 0 Å². The highest BCUT2D eigenvalue weighted by molar-refractivity contribution is 5.86. The number of fused-ring (bicyclic) bond motifs is 3. The molecule has 270 valence electrons. The van der Waals surface area contributed by atoms with Crippen molar-refractivity contribution in [1.82, 2.24) is 9.55 Å². The number of ether oxygens (including phenoxy) is 6. The molecule has 11 atom stereocenters. The first-order chi connectivity index (χ1) is 23.1. The van der Waals surface area contributed by atoms with Crippen LogP contribution in [0.4, 0.5) is 0 Å².